The molecule has 0 amide bonds. The van der Waals surface area contributed by atoms with E-state index in [-0.39, 0.29) is 5.65 Å². The Morgan fingerprint density at radius 3 is 2.21 bits per heavy atom. The summed E-state index contributed by atoms with van der Waals surface area (Å²) in [6.07, 6.45) is 6.24. The van der Waals surface area contributed by atoms with Crippen LogP contribution >= 0.6 is 0 Å². The zero-order chi connectivity index (χ0) is 27.7. The number of H-pyrrole nitrogens is 1. The van der Waals surface area contributed by atoms with E-state index in [0.717, 1.165) is 44.7 Å². The number of pyridine rings is 2. The van der Waals surface area contributed by atoms with Gasteiger partial charge in [-0.1, -0.05) is 33.1 Å². The minimum absolute atomic E-state index is 0.0407. The topological polar surface area (TPSA) is 104 Å². The minimum atomic E-state index is -4.49. The monoisotopic (exact) mass is 535 g/mol. The Bertz CT molecular complexity index is 1150. The van der Waals surface area contributed by atoms with Crippen LogP contribution in [0.1, 0.15) is 71.4 Å². The van der Waals surface area contributed by atoms with Gasteiger partial charge in [0.1, 0.15) is 17.3 Å². The zero-order valence-electron chi connectivity index (χ0n) is 22.1. The van der Waals surface area contributed by atoms with Crippen molar-refractivity contribution in [2.24, 2.45) is 0 Å². The van der Waals surface area contributed by atoms with Crippen molar-refractivity contribution in [3.05, 3.63) is 36.2 Å². The van der Waals surface area contributed by atoms with Crippen LogP contribution in [0.5, 0.6) is 0 Å². The van der Waals surface area contributed by atoms with Crippen LogP contribution in [0, 0.1) is 0 Å². The van der Waals surface area contributed by atoms with Gasteiger partial charge in [-0.3, -0.25) is 4.79 Å². The van der Waals surface area contributed by atoms with E-state index in [1.165, 1.54) is 38.2 Å². The van der Waals surface area contributed by atoms with Gasteiger partial charge in [0.05, 0.1) is 17.7 Å². The van der Waals surface area contributed by atoms with Crippen molar-refractivity contribution in [3.63, 3.8) is 0 Å². The molecule has 0 bridgehead atoms. The van der Waals surface area contributed by atoms with E-state index in [2.05, 4.69) is 24.8 Å². The predicted octanol–water partition coefficient (Wildman–Crippen LogP) is 6.47. The highest BCUT2D eigenvalue weighted by molar-refractivity contribution is 5.76. The molecule has 0 radical (unpaired) electrons. The molecule has 2 aliphatic rings. The largest absolute Gasteiger partial charge is 0.481 e. The second-order valence-electron chi connectivity index (χ2n) is 9.16. The van der Waals surface area contributed by atoms with Gasteiger partial charge in [-0.15, -0.1) is 0 Å². The summed E-state index contributed by atoms with van der Waals surface area (Å²) in [7, 11) is 0. The summed E-state index contributed by atoms with van der Waals surface area (Å²) in [5.74, 6) is 0.504. The smallest absolute Gasteiger partial charge is 0.433 e. The van der Waals surface area contributed by atoms with Gasteiger partial charge in [0.25, 0.3) is 5.97 Å². The summed E-state index contributed by atoms with van der Waals surface area (Å²) in [6.45, 7) is 6.89. The average Bonchev–Trinajstić information content (AvgIpc) is 3.34. The quantitative estimate of drug-likeness (QED) is 0.394. The molecule has 1 saturated carbocycles. The number of carboxylic acids is 1. The molecule has 208 valence electrons. The molecule has 8 nitrogen and oxygen atoms in total. The van der Waals surface area contributed by atoms with E-state index in [1.54, 1.807) is 6.20 Å². The predicted molar refractivity (Wildman–Crippen MR) is 140 cm³/mol. The molecule has 38 heavy (non-hydrogen) atoms. The second-order valence-corrected chi connectivity index (χ2v) is 9.16. The number of ether oxygens (including phenoxy) is 1. The van der Waals surface area contributed by atoms with Gasteiger partial charge in [-0.05, 0) is 49.9 Å². The van der Waals surface area contributed by atoms with Crippen LogP contribution in [0.4, 0.5) is 19.0 Å². The van der Waals surface area contributed by atoms with Gasteiger partial charge in [-0.2, -0.15) is 13.2 Å². The lowest BCUT2D eigenvalue weighted by molar-refractivity contribution is -0.141. The SMILES string of the molecule is CC.CC(=O)O.FC(F)(F)c1ccc2[nH]c(-c3ccc(N4CCC(OC5CCCCC5)CC4)nc3)nc2n1. The van der Waals surface area contributed by atoms with Crippen LogP contribution in [0.25, 0.3) is 22.6 Å². The third-order valence-electron chi connectivity index (χ3n) is 6.36. The molecular formula is C27H36F3N5O3. The number of nitrogens with one attached hydrogen (secondary N) is 1. The van der Waals surface area contributed by atoms with Gasteiger partial charge < -0.3 is 19.7 Å². The van der Waals surface area contributed by atoms with Gasteiger partial charge in [-0.25, -0.2) is 15.0 Å². The molecule has 0 aromatic carbocycles. The number of piperidine rings is 1. The van der Waals surface area contributed by atoms with E-state index in [0.29, 0.717) is 29.1 Å². The van der Waals surface area contributed by atoms with E-state index in [9.17, 15) is 13.2 Å². The van der Waals surface area contributed by atoms with E-state index >= 15 is 0 Å². The van der Waals surface area contributed by atoms with Gasteiger partial charge >= 0.3 is 6.18 Å². The first-order chi connectivity index (χ1) is 18.2. The van der Waals surface area contributed by atoms with Crippen molar-refractivity contribution in [1.29, 1.82) is 0 Å². The molecular weight excluding hydrogens is 499 g/mol. The number of nitrogens with zero attached hydrogens (tertiary/aromatic N) is 4. The summed E-state index contributed by atoms with van der Waals surface area (Å²) < 4.78 is 45.0. The summed E-state index contributed by atoms with van der Waals surface area (Å²) >= 11 is 0. The fourth-order valence-electron chi connectivity index (χ4n) is 4.59. The molecule has 2 fully saturated rings. The van der Waals surface area contributed by atoms with Crippen LogP contribution in [-0.2, 0) is 15.7 Å². The van der Waals surface area contributed by atoms with Crippen LogP contribution < -0.4 is 4.90 Å². The third kappa shape index (κ3) is 8.14. The maximum atomic E-state index is 12.9. The normalized spacial score (nSPS) is 16.8. The number of aromatic nitrogens is 4. The van der Waals surface area contributed by atoms with Gasteiger partial charge in [0.2, 0.25) is 0 Å². The van der Waals surface area contributed by atoms with Crippen molar-refractivity contribution in [2.45, 2.75) is 84.1 Å². The fourth-order valence-corrected chi connectivity index (χ4v) is 4.59. The molecule has 1 aliphatic carbocycles. The molecule has 0 spiro atoms. The lowest BCUT2D eigenvalue weighted by Crippen LogP contribution is -2.39. The van der Waals surface area contributed by atoms with Gasteiger partial charge in [0.15, 0.2) is 5.65 Å². The van der Waals surface area contributed by atoms with Gasteiger partial charge in [0, 0.05) is 31.8 Å². The maximum absolute atomic E-state index is 12.9. The van der Waals surface area contributed by atoms with Crippen molar-refractivity contribution >= 4 is 23.0 Å². The van der Waals surface area contributed by atoms with Crippen molar-refractivity contribution in [2.75, 3.05) is 18.0 Å². The Morgan fingerprint density at radius 1 is 1.00 bits per heavy atom. The number of aromatic amines is 1. The molecule has 5 rings (SSSR count). The van der Waals surface area contributed by atoms with Crippen LogP contribution in [0.2, 0.25) is 0 Å². The Labute approximate surface area is 220 Å². The molecule has 3 aromatic rings. The summed E-state index contributed by atoms with van der Waals surface area (Å²) in [5, 5.41) is 7.42. The van der Waals surface area contributed by atoms with E-state index in [4.69, 9.17) is 14.6 Å². The molecule has 1 saturated heterocycles. The number of imidazole rings is 1. The standard InChI is InChI=1S/C23H26F3N5O.C2H4O2.C2H6/c24-23(25,26)19-8-7-18-22(29-19)30-21(28-18)15-6-9-20(27-14-15)31-12-10-17(11-13-31)32-16-4-2-1-3-5-16;1-2(3)4;1-2/h6-9,14,16-17H,1-5,10-13H2,(H,28,29,30);1H3,(H,3,4);1-2H3. The molecule has 0 unspecified atom stereocenters. The van der Waals surface area contributed by atoms with E-state index in [1.807, 2.05) is 26.0 Å². The Balaban J connectivity index is 0.000000612. The molecule has 4 heterocycles. The summed E-state index contributed by atoms with van der Waals surface area (Å²) in [5.41, 5.74) is 0.249. The number of aliphatic carboxylic acids is 1. The van der Waals surface area contributed by atoms with Crippen molar-refractivity contribution < 1.29 is 27.8 Å². The number of anilines is 1. The van der Waals surface area contributed by atoms with E-state index < -0.39 is 17.8 Å². The summed E-state index contributed by atoms with van der Waals surface area (Å²) in [4.78, 5) is 26.7. The molecule has 11 heteroatoms. The molecule has 3 aromatic heterocycles. The number of carboxylic acid groups (broad SMARTS) is 1. The second kappa shape index (κ2) is 13.5. The number of halogens is 3. The lowest BCUT2D eigenvalue weighted by Gasteiger charge is -2.35. The maximum Gasteiger partial charge on any atom is 0.433 e. The Morgan fingerprint density at radius 2 is 1.63 bits per heavy atom. The molecule has 0 atom stereocenters. The highest BCUT2D eigenvalue weighted by Gasteiger charge is 2.33. The number of alkyl halides is 3. The number of fused-ring (bicyclic) bond motifs is 1. The lowest BCUT2D eigenvalue weighted by atomic mass is 9.97. The molecule has 2 N–H and O–H groups in total. The third-order valence-corrected chi connectivity index (χ3v) is 6.36. The number of hydrogen-bond donors (Lipinski definition) is 2. The van der Waals surface area contributed by atoms with Crippen molar-refractivity contribution in [3.8, 4) is 11.4 Å². The number of hydrogen-bond acceptors (Lipinski definition) is 6. The first kappa shape index (κ1) is 29.3. The van der Waals surface area contributed by atoms with Crippen LogP contribution in [0.15, 0.2) is 30.5 Å². The van der Waals surface area contributed by atoms with Crippen LogP contribution in [0.3, 0.4) is 0 Å². The first-order valence-electron chi connectivity index (χ1n) is 13.2. The molecule has 1 aliphatic heterocycles. The Hall–Kier alpha value is -3.21. The minimum Gasteiger partial charge on any atom is -0.481 e. The number of carbonyl (C=O) groups is 1. The zero-order valence-corrected chi connectivity index (χ0v) is 22.1. The number of rotatable bonds is 4. The highest BCUT2D eigenvalue weighted by atomic mass is 19.4. The average molecular weight is 536 g/mol. The van der Waals surface area contributed by atoms with Crippen molar-refractivity contribution in [1.82, 2.24) is 19.9 Å². The van der Waals surface area contributed by atoms with Crippen LogP contribution in [-0.4, -0.2) is 56.3 Å². The summed E-state index contributed by atoms with van der Waals surface area (Å²) in [6, 6.07) is 6.12. The first-order valence-corrected chi connectivity index (χ1v) is 13.2. The Kier molecular flexibility index (Phi) is 10.5. The highest BCUT2D eigenvalue weighted by Crippen LogP contribution is 2.30. The fraction of sp³-hybridized carbons (Fsp3) is 0.556.